The fourth-order valence-corrected chi connectivity index (χ4v) is 1.31. The van der Waals surface area contributed by atoms with E-state index in [9.17, 15) is 4.39 Å². The van der Waals surface area contributed by atoms with Gasteiger partial charge in [0.2, 0.25) is 0 Å². The van der Waals surface area contributed by atoms with Crippen LogP contribution in [-0.4, -0.2) is 6.61 Å². The summed E-state index contributed by atoms with van der Waals surface area (Å²) in [6, 6.07) is 4.86. The molecule has 0 saturated heterocycles. The molecule has 0 aliphatic carbocycles. The number of halogens is 2. The number of hydrogen-bond donors (Lipinski definition) is 1. The van der Waals surface area contributed by atoms with Gasteiger partial charge in [0.05, 0.1) is 11.1 Å². The zero-order valence-electron chi connectivity index (χ0n) is 7.31. The third-order valence-corrected chi connectivity index (χ3v) is 2.11. The second-order valence-electron chi connectivity index (χ2n) is 2.50. The van der Waals surface area contributed by atoms with Crippen molar-refractivity contribution in [3.63, 3.8) is 0 Å². The first-order valence-corrected chi connectivity index (χ1v) is 4.82. The Hall–Kier alpha value is -0.450. The maximum absolute atomic E-state index is 12.8. The minimum atomic E-state index is -0.250. The van der Waals surface area contributed by atoms with Crippen LogP contribution in [0.1, 0.15) is 12.5 Å². The monoisotopic (exact) mass is 247 g/mol. The van der Waals surface area contributed by atoms with Crippen LogP contribution in [0.4, 0.5) is 4.39 Å². The van der Waals surface area contributed by atoms with E-state index in [2.05, 4.69) is 21.4 Å². The average Bonchev–Trinajstić information content (AvgIpc) is 2.12. The number of nitrogens with one attached hydrogen (secondary N) is 1. The third-order valence-electron chi connectivity index (χ3n) is 1.51. The molecule has 0 radical (unpaired) electrons. The van der Waals surface area contributed by atoms with Crippen molar-refractivity contribution in [1.29, 1.82) is 0 Å². The molecule has 1 rings (SSSR count). The van der Waals surface area contributed by atoms with Crippen LogP contribution in [0.5, 0.6) is 0 Å². The van der Waals surface area contributed by atoms with Crippen molar-refractivity contribution >= 4 is 15.9 Å². The van der Waals surface area contributed by atoms with Gasteiger partial charge in [-0.15, -0.1) is 0 Å². The summed E-state index contributed by atoms with van der Waals surface area (Å²) in [7, 11) is 0. The molecule has 0 atom stereocenters. The Kier molecular flexibility index (Phi) is 4.35. The quantitative estimate of drug-likeness (QED) is 0.653. The molecule has 1 aromatic rings. The average molecular weight is 248 g/mol. The molecule has 0 spiro atoms. The van der Waals surface area contributed by atoms with E-state index >= 15 is 0 Å². The Bertz CT molecular complexity index is 280. The van der Waals surface area contributed by atoms with Gasteiger partial charge in [0, 0.05) is 6.54 Å². The molecule has 0 heterocycles. The second kappa shape index (κ2) is 5.32. The Morgan fingerprint density at radius 2 is 2.31 bits per heavy atom. The molecule has 1 aromatic carbocycles. The molecule has 13 heavy (non-hydrogen) atoms. The Balaban J connectivity index is 2.53. The van der Waals surface area contributed by atoms with Crippen LogP contribution in [0.25, 0.3) is 0 Å². The van der Waals surface area contributed by atoms with Gasteiger partial charge in [-0.1, -0.05) is 6.07 Å². The van der Waals surface area contributed by atoms with Gasteiger partial charge >= 0.3 is 0 Å². The lowest BCUT2D eigenvalue weighted by Crippen LogP contribution is -2.13. The molecule has 0 aliphatic rings. The highest BCUT2D eigenvalue weighted by atomic mass is 79.9. The number of hydroxylamine groups is 1. The molecular formula is C9H11BrFNO. The van der Waals surface area contributed by atoms with E-state index in [-0.39, 0.29) is 5.82 Å². The van der Waals surface area contributed by atoms with E-state index in [0.29, 0.717) is 17.6 Å². The lowest BCUT2D eigenvalue weighted by molar-refractivity contribution is 0.0463. The highest BCUT2D eigenvalue weighted by molar-refractivity contribution is 9.10. The van der Waals surface area contributed by atoms with Gasteiger partial charge in [0.15, 0.2) is 0 Å². The van der Waals surface area contributed by atoms with E-state index in [1.54, 1.807) is 12.1 Å². The molecule has 0 unspecified atom stereocenters. The largest absolute Gasteiger partial charge is 0.302 e. The summed E-state index contributed by atoms with van der Waals surface area (Å²) in [5.74, 6) is -0.250. The minimum Gasteiger partial charge on any atom is -0.302 e. The van der Waals surface area contributed by atoms with Gasteiger partial charge in [0.25, 0.3) is 0 Å². The van der Waals surface area contributed by atoms with Crippen LogP contribution >= 0.6 is 15.9 Å². The summed E-state index contributed by atoms with van der Waals surface area (Å²) in [5.41, 5.74) is 3.73. The van der Waals surface area contributed by atoms with Gasteiger partial charge in [-0.3, -0.25) is 0 Å². The molecule has 0 aliphatic heterocycles. The molecule has 0 bridgehead atoms. The molecule has 1 N–H and O–H groups in total. The third kappa shape index (κ3) is 3.42. The Morgan fingerprint density at radius 1 is 1.54 bits per heavy atom. The smallest absolute Gasteiger partial charge is 0.137 e. The molecule has 4 heteroatoms. The molecule has 0 fully saturated rings. The summed E-state index contributed by atoms with van der Waals surface area (Å²) in [4.78, 5) is 4.95. The number of hydrogen-bond acceptors (Lipinski definition) is 2. The molecule has 2 nitrogen and oxygen atoms in total. The minimum absolute atomic E-state index is 0.250. The predicted octanol–water partition coefficient (Wildman–Crippen LogP) is 2.63. The second-order valence-corrected chi connectivity index (χ2v) is 3.36. The van der Waals surface area contributed by atoms with E-state index in [0.717, 1.165) is 5.56 Å². The fraction of sp³-hybridized carbons (Fsp3) is 0.333. The summed E-state index contributed by atoms with van der Waals surface area (Å²) >= 11 is 3.11. The summed E-state index contributed by atoms with van der Waals surface area (Å²) < 4.78 is 13.3. The molecule has 72 valence electrons. The molecular weight excluding hydrogens is 237 g/mol. The van der Waals surface area contributed by atoms with Gasteiger partial charge in [-0.25, -0.2) is 4.39 Å². The van der Waals surface area contributed by atoms with Crippen molar-refractivity contribution in [3.8, 4) is 0 Å². The fourth-order valence-electron chi connectivity index (χ4n) is 0.886. The standard InChI is InChI=1S/C9H11BrFNO/c1-2-13-12-6-7-3-4-9(11)8(10)5-7/h3-5,12H,2,6H2,1H3. The van der Waals surface area contributed by atoms with Crippen LogP contribution in [0.3, 0.4) is 0 Å². The van der Waals surface area contributed by atoms with Gasteiger partial charge in [0.1, 0.15) is 5.82 Å². The van der Waals surface area contributed by atoms with Crippen molar-refractivity contribution in [2.75, 3.05) is 6.61 Å². The van der Waals surface area contributed by atoms with Crippen molar-refractivity contribution in [1.82, 2.24) is 5.48 Å². The van der Waals surface area contributed by atoms with Crippen LogP contribution in [0, 0.1) is 5.82 Å². The lowest BCUT2D eigenvalue weighted by atomic mass is 10.2. The number of rotatable bonds is 4. The topological polar surface area (TPSA) is 21.3 Å². The molecule has 0 aromatic heterocycles. The number of benzene rings is 1. The van der Waals surface area contributed by atoms with Gasteiger partial charge in [-0.05, 0) is 40.5 Å². The van der Waals surface area contributed by atoms with Crippen molar-refractivity contribution in [2.45, 2.75) is 13.5 Å². The van der Waals surface area contributed by atoms with Crippen molar-refractivity contribution in [2.24, 2.45) is 0 Å². The van der Waals surface area contributed by atoms with Crippen LogP contribution in [0.15, 0.2) is 22.7 Å². The normalized spacial score (nSPS) is 10.4. The first-order valence-electron chi connectivity index (χ1n) is 4.02. The maximum Gasteiger partial charge on any atom is 0.137 e. The summed E-state index contributed by atoms with van der Waals surface area (Å²) in [5, 5.41) is 0. The SMILES string of the molecule is CCONCc1ccc(F)c(Br)c1. The summed E-state index contributed by atoms with van der Waals surface area (Å²) in [6.07, 6.45) is 0. The highest BCUT2D eigenvalue weighted by Gasteiger charge is 1.99. The molecule has 0 amide bonds. The predicted molar refractivity (Wildman–Crippen MR) is 52.6 cm³/mol. The zero-order chi connectivity index (χ0) is 9.68. The molecule has 0 saturated carbocycles. The van der Waals surface area contributed by atoms with Gasteiger partial charge < -0.3 is 4.84 Å². The van der Waals surface area contributed by atoms with Crippen molar-refractivity contribution < 1.29 is 9.23 Å². The highest BCUT2D eigenvalue weighted by Crippen LogP contribution is 2.16. The van der Waals surface area contributed by atoms with Crippen molar-refractivity contribution in [3.05, 3.63) is 34.1 Å². The Labute approximate surface area is 85.2 Å². The van der Waals surface area contributed by atoms with E-state index < -0.39 is 0 Å². The van der Waals surface area contributed by atoms with Gasteiger partial charge in [-0.2, -0.15) is 5.48 Å². The first-order chi connectivity index (χ1) is 6.24. The Morgan fingerprint density at radius 3 is 2.92 bits per heavy atom. The maximum atomic E-state index is 12.8. The summed E-state index contributed by atoms with van der Waals surface area (Å²) in [6.45, 7) is 3.09. The zero-order valence-corrected chi connectivity index (χ0v) is 8.90. The van der Waals surface area contributed by atoms with E-state index in [1.165, 1.54) is 6.07 Å². The van der Waals surface area contributed by atoms with Crippen LogP contribution in [0.2, 0.25) is 0 Å². The van der Waals surface area contributed by atoms with Crippen LogP contribution in [-0.2, 0) is 11.4 Å². The first kappa shape index (κ1) is 10.6. The van der Waals surface area contributed by atoms with E-state index in [1.807, 2.05) is 6.92 Å². The lowest BCUT2D eigenvalue weighted by Gasteiger charge is -2.04. The van der Waals surface area contributed by atoms with Crippen LogP contribution < -0.4 is 5.48 Å². The van der Waals surface area contributed by atoms with E-state index in [4.69, 9.17) is 4.84 Å².